The first kappa shape index (κ1) is 59.0. The maximum atomic E-state index is 11.3. The molecule has 6 aromatic carbocycles. The molecule has 452 valence electrons. The van der Waals surface area contributed by atoms with E-state index >= 15 is 0 Å². The molecule has 0 saturated heterocycles. The minimum absolute atomic E-state index is 0.0201. The lowest BCUT2D eigenvalue weighted by Crippen LogP contribution is -2.34. The summed E-state index contributed by atoms with van der Waals surface area (Å²) in [5.41, 5.74) is 9.47. The highest BCUT2D eigenvalue weighted by Crippen LogP contribution is 2.62. The maximum absolute atomic E-state index is 11.3. The van der Waals surface area contributed by atoms with Gasteiger partial charge in [0.2, 0.25) is 0 Å². The van der Waals surface area contributed by atoms with Gasteiger partial charge in [-0.15, -0.1) is 11.3 Å². The molecule has 0 spiro atoms. The standard InChI is InChI=1S/C26H25NO3.C25H24N2O3.C24H23NO3S/c28-25(29)19-5-8-20(9-6-19)26(16-18-4-7-22(26)15-18)21-10-12-24(13-11-21)30-17-23-3-1-2-14-27-23;28-24(29)18-3-6-19(7-4-18)25(15-17-2-5-21(25)14-17)20-8-10-22(11-9-20)30-16-23-26-12-1-13-27-23;26-23(27)17-2-5-18(6-3-17)24(14-16-1-4-20(24)13-16)19-7-9-21(10-8-19)28-15-22-25-11-12-29-22/h1-3,5-6,8-14,18,22H,4,7,15-17H2,(H,28,29);1,3-4,6-13,17,21H,2,5,14-16H2,(H,28,29);2-3,5-12,16,20H,1,4,13-15H2,(H,26,27)/t18?,22-,26+;17?,21-,25+;16?,20-,24+/m111/s1. The number of carboxylic acid groups (broad SMARTS) is 3. The van der Waals surface area contributed by atoms with Gasteiger partial charge in [-0.3, -0.25) is 4.98 Å². The van der Waals surface area contributed by atoms with Crippen molar-refractivity contribution in [1.82, 2.24) is 19.9 Å². The third kappa shape index (κ3) is 12.1. The van der Waals surface area contributed by atoms with E-state index in [0.29, 0.717) is 60.1 Å². The van der Waals surface area contributed by atoms with Crippen LogP contribution in [-0.4, -0.2) is 53.2 Å². The summed E-state index contributed by atoms with van der Waals surface area (Å²) < 4.78 is 17.7. The fourth-order valence-electron chi connectivity index (χ4n) is 16.5. The van der Waals surface area contributed by atoms with E-state index in [1.807, 2.05) is 72.1 Å². The summed E-state index contributed by atoms with van der Waals surface area (Å²) in [6, 6.07) is 55.6. The lowest BCUT2D eigenvalue weighted by Gasteiger charge is -2.39. The third-order valence-corrected chi connectivity index (χ3v) is 21.3. The molecule has 0 radical (unpaired) electrons. The smallest absolute Gasteiger partial charge is 0.335 e. The Balaban J connectivity index is 0.000000123. The van der Waals surface area contributed by atoms with Crippen molar-refractivity contribution in [2.24, 2.45) is 35.5 Å². The van der Waals surface area contributed by atoms with Crippen LogP contribution in [0.15, 0.2) is 200 Å². The number of ether oxygens (including phenoxy) is 3. The number of carboxylic acids is 3. The summed E-state index contributed by atoms with van der Waals surface area (Å²) >= 11 is 1.60. The highest BCUT2D eigenvalue weighted by atomic mass is 32.1. The molecule has 6 aliphatic carbocycles. The minimum Gasteiger partial charge on any atom is -0.487 e. The molecule has 9 atom stereocenters. The number of hydrogen-bond donors (Lipinski definition) is 3. The Hall–Kier alpha value is -9.01. The Morgan fingerprint density at radius 3 is 1.07 bits per heavy atom. The second kappa shape index (κ2) is 25.6. The summed E-state index contributed by atoms with van der Waals surface area (Å²) in [4.78, 5) is 50.8. The van der Waals surface area contributed by atoms with Gasteiger partial charge >= 0.3 is 17.9 Å². The van der Waals surface area contributed by atoms with Crippen LogP contribution in [0.2, 0.25) is 0 Å². The Morgan fingerprint density at radius 1 is 0.393 bits per heavy atom. The minimum atomic E-state index is -0.882. The molecule has 14 heteroatoms. The number of rotatable bonds is 18. The number of hydrogen-bond acceptors (Lipinski definition) is 11. The normalized spacial score (nSPS) is 24.9. The van der Waals surface area contributed by atoms with Crippen molar-refractivity contribution in [2.75, 3.05) is 0 Å². The van der Waals surface area contributed by atoms with Crippen molar-refractivity contribution < 1.29 is 43.9 Å². The van der Waals surface area contributed by atoms with E-state index < -0.39 is 17.9 Å². The number of carbonyl (C=O) groups is 3. The molecule has 15 rings (SSSR count). The number of benzene rings is 6. The predicted molar refractivity (Wildman–Crippen MR) is 340 cm³/mol. The fraction of sp³-hybridized carbons (Fsp3) is 0.320. The average molecular weight is 1210 g/mol. The van der Waals surface area contributed by atoms with Gasteiger partial charge in [-0.05, 0) is 218 Å². The second-order valence-electron chi connectivity index (χ2n) is 25.2. The molecule has 3 heterocycles. The van der Waals surface area contributed by atoms with E-state index in [0.717, 1.165) is 65.0 Å². The van der Waals surface area contributed by atoms with Crippen LogP contribution in [0.4, 0.5) is 0 Å². The molecule has 6 aliphatic rings. The number of aromatic nitrogens is 4. The van der Waals surface area contributed by atoms with E-state index in [1.165, 1.54) is 91.2 Å². The average Bonchev–Trinajstić information content (AvgIpc) is 1.73. The molecule has 6 fully saturated rings. The Labute approximate surface area is 522 Å². The number of fused-ring (bicyclic) bond motifs is 6. The van der Waals surface area contributed by atoms with Crippen molar-refractivity contribution in [3.8, 4) is 17.2 Å². The topological polar surface area (TPSA) is 191 Å². The molecule has 3 N–H and O–H groups in total. The molecular weight excluding hydrogens is 1130 g/mol. The van der Waals surface area contributed by atoms with Gasteiger partial charge < -0.3 is 29.5 Å². The molecule has 89 heavy (non-hydrogen) atoms. The van der Waals surface area contributed by atoms with Crippen LogP contribution < -0.4 is 14.2 Å². The summed E-state index contributed by atoms with van der Waals surface area (Å²) in [6.45, 7) is 1.28. The first-order valence-corrected chi connectivity index (χ1v) is 32.1. The Bertz CT molecular complexity index is 3700. The van der Waals surface area contributed by atoms with Crippen molar-refractivity contribution in [3.05, 3.63) is 267 Å². The van der Waals surface area contributed by atoms with Crippen LogP contribution in [0.25, 0.3) is 0 Å². The Kier molecular flexibility index (Phi) is 17.0. The zero-order valence-corrected chi connectivity index (χ0v) is 50.4. The first-order valence-electron chi connectivity index (χ1n) is 31.2. The summed E-state index contributed by atoms with van der Waals surface area (Å²) in [5.74, 6) is 4.61. The van der Waals surface area contributed by atoms with Crippen LogP contribution in [0.5, 0.6) is 17.2 Å². The third-order valence-electron chi connectivity index (χ3n) is 20.5. The van der Waals surface area contributed by atoms with E-state index in [1.54, 1.807) is 78.6 Å². The van der Waals surface area contributed by atoms with Crippen LogP contribution >= 0.6 is 11.3 Å². The number of nitrogens with zero attached hydrogens (tertiary/aromatic N) is 4. The molecule has 9 aromatic rings. The van der Waals surface area contributed by atoms with Crippen molar-refractivity contribution in [3.63, 3.8) is 0 Å². The zero-order chi connectivity index (χ0) is 61.0. The monoisotopic (exact) mass is 1200 g/mol. The molecular formula is C75H72N4O9S. The molecule has 13 nitrogen and oxygen atoms in total. The summed E-state index contributed by atoms with van der Waals surface area (Å²) in [5, 5.41) is 30.7. The van der Waals surface area contributed by atoms with E-state index in [-0.39, 0.29) is 16.2 Å². The van der Waals surface area contributed by atoms with Gasteiger partial charge in [0.15, 0.2) is 5.82 Å². The summed E-state index contributed by atoms with van der Waals surface area (Å²) in [7, 11) is 0. The highest BCUT2D eigenvalue weighted by molar-refractivity contribution is 7.09. The molecule has 6 bridgehead atoms. The van der Waals surface area contributed by atoms with Gasteiger partial charge in [0, 0.05) is 46.4 Å². The van der Waals surface area contributed by atoms with Gasteiger partial charge in [0.1, 0.15) is 42.1 Å². The van der Waals surface area contributed by atoms with Gasteiger partial charge in [-0.2, -0.15) is 0 Å². The van der Waals surface area contributed by atoms with E-state index in [2.05, 4.69) is 80.6 Å². The van der Waals surface area contributed by atoms with Crippen LogP contribution in [0.1, 0.15) is 158 Å². The first-order chi connectivity index (χ1) is 43.4. The quantitative estimate of drug-likeness (QED) is 0.0736. The molecule has 0 amide bonds. The maximum Gasteiger partial charge on any atom is 0.335 e. The predicted octanol–water partition coefficient (Wildman–Crippen LogP) is 15.9. The van der Waals surface area contributed by atoms with Crippen LogP contribution in [0.3, 0.4) is 0 Å². The Morgan fingerprint density at radius 2 is 0.753 bits per heavy atom. The van der Waals surface area contributed by atoms with Gasteiger partial charge in [-0.25, -0.2) is 29.3 Å². The lowest BCUT2D eigenvalue weighted by molar-refractivity contribution is 0.0686. The SMILES string of the molecule is O=C(O)c1ccc([C@]2(c3ccc(OCc4ccccn4)cc3)CC3CC[C@@H]2C3)cc1.O=C(O)c1ccc([C@]2(c3ccc(OCc4ncccn4)cc3)CC3CC[C@@H]2C3)cc1.O=C(O)c1ccc([C@]2(c3ccc(OCc4nccs4)cc3)CC3CC[C@@H]2C3)cc1. The van der Waals surface area contributed by atoms with Crippen LogP contribution in [0, 0.1) is 35.5 Å². The van der Waals surface area contributed by atoms with Crippen LogP contribution in [-0.2, 0) is 36.1 Å². The summed E-state index contributed by atoms with van der Waals surface area (Å²) in [6.07, 6.45) is 21.8. The van der Waals surface area contributed by atoms with Crippen molar-refractivity contribution >= 4 is 29.2 Å². The highest BCUT2D eigenvalue weighted by Gasteiger charge is 2.55. The van der Waals surface area contributed by atoms with Crippen molar-refractivity contribution in [1.29, 1.82) is 0 Å². The van der Waals surface area contributed by atoms with Crippen molar-refractivity contribution in [2.45, 2.75) is 113 Å². The fourth-order valence-corrected chi connectivity index (χ4v) is 17.1. The number of aromatic carboxylic acids is 3. The largest absolute Gasteiger partial charge is 0.487 e. The molecule has 3 unspecified atom stereocenters. The van der Waals surface area contributed by atoms with Gasteiger partial charge in [0.25, 0.3) is 0 Å². The lowest BCUT2D eigenvalue weighted by atomic mass is 9.64. The second-order valence-corrected chi connectivity index (χ2v) is 26.1. The number of thiazole rings is 1. The van der Waals surface area contributed by atoms with E-state index in [9.17, 15) is 29.7 Å². The van der Waals surface area contributed by atoms with Gasteiger partial charge in [-0.1, -0.05) is 98.1 Å². The zero-order valence-electron chi connectivity index (χ0n) is 49.6. The van der Waals surface area contributed by atoms with Gasteiger partial charge in [0.05, 0.1) is 22.4 Å². The molecule has 3 aromatic heterocycles. The number of pyridine rings is 1. The molecule has 0 aliphatic heterocycles. The molecule has 6 saturated carbocycles. The van der Waals surface area contributed by atoms with E-state index in [4.69, 9.17) is 14.2 Å².